The van der Waals surface area contributed by atoms with Crippen LogP contribution in [-0.4, -0.2) is 23.7 Å². The quantitative estimate of drug-likeness (QED) is 0.132. The van der Waals surface area contributed by atoms with Gasteiger partial charge in [0, 0.05) is 6.61 Å². The van der Waals surface area contributed by atoms with Crippen molar-refractivity contribution in [2.75, 3.05) is 6.61 Å². The molecule has 0 bridgehead atoms. The third-order valence-electron chi connectivity index (χ3n) is 7.60. The third-order valence-corrected chi connectivity index (χ3v) is 19.1. The first-order valence-electron chi connectivity index (χ1n) is 14.0. The molecule has 0 aliphatic rings. The Morgan fingerprint density at radius 3 is 1.42 bits per heavy atom. The van der Waals surface area contributed by atoms with Crippen LogP contribution >= 0.6 is 0 Å². The lowest BCUT2D eigenvalue weighted by atomic mass is 10.1. The highest BCUT2D eigenvalue weighted by atomic mass is 28.4. The molecule has 0 rings (SSSR count). The van der Waals surface area contributed by atoms with E-state index in [4.69, 9.17) is 4.43 Å². The predicted octanol–water partition coefficient (Wildman–Crippen LogP) is 11.3. The van der Waals surface area contributed by atoms with E-state index in [2.05, 4.69) is 103 Å². The summed E-state index contributed by atoms with van der Waals surface area (Å²) in [5.74, 6) is 0. The van der Waals surface area contributed by atoms with Crippen LogP contribution in [0.3, 0.4) is 0 Å². The Hall–Kier alpha value is 0.134. The van der Waals surface area contributed by atoms with E-state index in [1.165, 1.54) is 57.4 Å². The summed E-state index contributed by atoms with van der Waals surface area (Å²) in [6, 6.07) is 1.28. The minimum absolute atomic E-state index is 0.160. The summed E-state index contributed by atoms with van der Waals surface area (Å²) in [5.41, 5.74) is 0.485. The van der Waals surface area contributed by atoms with Crippen molar-refractivity contribution in [3.63, 3.8) is 0 Å². The fraction of sp³-hybridized carbons (Fsp3) is 0.933. The summed E-state index contributed by atoms with van der Waals surface area (Å²) in [5, 5.41) is 1.04. The summed E-state index contributed by atoms with van der Waals surface area (Å²) in [4.78, 5) is 0. The zero-order valence-corrected chi connectivity index (χ0v) is 27.3. The van der Waals surface area contributed by atoms with E-state index in [0.717, 1.165) is 6.61 Å². The lowest BCUT2D eigenvalue weighted by Crippen LogP contribution is -2.59. The van der Waals surface area contributed by atoms with E-state index in [1.54, 1.807) is 0 Å². The van der Waals surface area contributed by atoms with Crippen LogP contribution in [0.1, 0.15) is 141 Å². The van der Waals surface area contributed by atoms with Gasteiger partial charge in [0.15, 0.2) is 0 Å². The molecule has 0 aliphatic carbocycles. The van der Waals surface area contributed by atoms with Crippen LogP contribution in [0.4, 0.5) is 0 Å². The van der Waals surface area contributed by atoms with Crippen molar-refractivity contribution in [1.82, 2.24) is 0 Å². The molecule has 1 atom stereocenters. The molecule has 1 unspecified atom stereocenters. The number of rotatable bonds is 14. The maximum Gasteiger partial charge on any atom is 0.209 e. The minimum Gasteiger partial charge on any atom is -0.415 e. The Morgan fingerprint density at radius 2 is 1.09 bits per heavy atom. The summed E-state index contributed by atoms with van der Waals surface area (Å²) >= 11 is 0. The average Bonchev–Trinajstić information content (AvgIpc) is 2.61. The van der Waals surface area contributed by atoms with Crippen LogP contribution in [0, 0.1) is 0 Å². The van der Waals surface area contributed by atoms with Crippen molar-refractivity contribution in [3.8, 4) is 0 Å². The van der Waals surface area contributed by atoms with Crippen LogP contribution in [-0.2, 0) is 4.43 Å². The van der Waals surface area contributed by atoms with Gasteiger partial charge < -0.3 is 4.43 Å². The molecular formula is C30H63OSi2. The van der Waals surface area contributed by atoms with Crippen LogP contribution in [0.25, 0.3) is 0 Å². The van der Waals surface area contributed by atoms with E-state index in [9.17, 15) is 0 Å². The molecule has 0 saturated heterocycles. The van der Waals surface area contributed by atoms with Gasteiger partial charge in [-0.1, -0.05) is 147 Å². The second-order valence-corrected chi connectivity index (χ2v) is 24.5. The van der Waals surface area contributed by atoms with Crippen molar-refractivity contribution < 1.29 is 4.43 Å². The maximum atomic E-state index is 7.27. The Balaban J connectivity index is 5.70. The summed E-state index contributed by atoms with van der Waals surface area (Å²) < 4.78 is 7.27. The smallest absolute Gasteiger partial charge is 0.209 e. The van der Waals surface area contributed by atoms with E-state index in [1.807, 2.05) is 0 Å². The van der Waals surface area contributed by atoms with Gasteiger partial charge in [-0.3, -0.25) is 0 Å². The zero-order valence-electron chi connectivity index (χ0n) is 25.3. The van der Waals surface area contributed by atoms with Crippen molar-refractivity contribution >= 4 is 17.1 Å². The number of allylic oxidation sites excluding steroid dienone is 1. The molecule has 0 heterocycles. The molecular weight excluding hydrogens is 433 g/mol. The van der Waals surface area contributed by atoms with Crippen molar-refractivity contribution in [2.45, 2.75) is 173 Å². The highest BCUT2D eigenvalue weighted by Gasteiger charge is 2.60. The number of hydrogen-bond donors (Lipinski definition) is 0. The normalized spacial score (nSPS) is 15.2. The monoisotopic (exact) mass is 495 g/mol. The maximum absolute atomic E-state index is 7.27. The van der Waals surface area contributed by atoms with Gasteiger partial charge in [-0.15, -0.1) is 6.58 Å². The topological polar surface area (TPSA) is 9.23 Å². The molecule has 0 aromatic rings. The molecule has 0 aromatic heterocycles. The van der Waals surface area contributed by atoms with Crippen molar-refractivity contribution in [3.05, 3.63) is 12.7 Å². The van der Waals surface area contributed by atoms with Gasteiger partial charge in [0.05, 0.1) is 8.80 Å². The molecule has 3 heteroatoms. The van der Waals surface area contributed by atoms with Crippen LogP contribution in [0.15, 0.2) is 12.7 Å². The van der Waals surface area contributed by atoms with Crippen LogP contribution < -0.4 is 0 Å². The third kappa shape index (κ3) is 9.96. The molecule has 0 N–H and O–H groups in total. The average molecular weight is 496 g/mol. The first kappa shape index (κ1) is 33.1. The van der Waals surface area contributed by atoms with E-state index in [-0.39, 0.29) is 10.1 Å². The fourth-order valence-corrected chi connectivity index (χ4v) is 18.8. The summed E-state index contributed by atoms with van der Waals surface area (Å²) in [6.07, 6.45) is 13.1. The molecule has 0 aliphatic heterocycles. The predicted molar refractivity (Wildman–Crippen MR) is 158 cm³/mol. The number of unbranched alkanes of at least 4 members (excludes halogenated alkanes) is 7. The molecule has 0 spiro atoms. The fourth-order valence-electron chi connectivity index (χ4n) is 6.60. The molecule has 0 saturated carbocycles. The zero-order chi connectivity index (χ0) is 26.1. The number of hydrogen-bond acceptors (Lipinski definition) is 1. The van der Waals surface area contributed by atoms with Crippen LogP contribution in [0.5, 0.6) is 0 Å². The molecule has 0 amide bonds. The second kappa shape index (κ2) is 13.4. The highest BCUT2D eigenvalue weighted by molar-refractivity contribution is 6.83. The standard InChI is InChI=1S/C30H63OSi2/c1-15-17-18-19-20-21-22-23-24-31-33(29(9,10)11,30(12,13)14)26(16-2)25-32(27(3,4)5)28(6,7)8/h16,26H,2,15,17-25H2,1,3-14H3. The molecule has 33 heavy (non-hydrogen) atoms. The molecule has 0 aromatic carbocycles. The highest BCUT2D eigenvalue weighted by Crippen LogP contribution is 2.60. The summed E-state index contributed by atoms with van der Waals surface area (Å²) in [6.45, 7) is 37.2. The second-order valence-electron chi connectivity index (χ2n) is 14.6. The van der Waals surface area contributed by atoms with Gasteiger partial charge in [-0.2, -0.15) is 0 Å². The molecule has 197 valence electrons. The van der Waals surface area contributed by atoms with Gasteiger partial charge in [0.1, 0.15) is 0 Å². The van der Waals surface area contributed by atoms with E-state index >= 15 is 0 Å². The lowest BCUT2D eigenvalue weighted by Gasteiger charge is -2.56. The Labute approximate surface area is 213 Å². The molecule has 1 radical (unpaired) electrons. The molecule has 0 fully saturated rings. The lowest BCUT2D eigenvalue weighted by molar-refractivity contribution is 0.243. The largest absolute Gasteiger partial charge is 0.415 e. The Kier molecular flexibility index (Phi) is 13.5. The van der Waals surface area contributed by atoms with Crippen molar-refractivity contribution in [1.29, 1.82) is 0 Å². The van der Waals surface area contributed by atoms with Gasteiger partial charge in [-0.25, -0.2) is 0 Å². The first-order valence-corrected chi connectivity index (χ1v) is 17.7. The van der Waals surface area contributed by atoms with Gasteiger partial charge >= 0.3 is 0 Å². The van der Waals surface area contributed by atoms with Crippen molar-refractivity contribution in [2.24, 2.45) is 0 Å². The Bertz CT molecular complexity index is 512. The SMILES string of the molecule is C=CC(C[Si](C(C)(C)C)C(C)(C)C)[Si](OCCCCCCCCCC)(C(C)(C)C)C(C)(C)C. The minimum atomic E-state index is -2.23. The van der Waals surface area contributed by atoms with Gasteiger partial charge in [-0.05, 0) is 32.1 Å². The Morgan fingerprint density at radius 1 is 0.697 bits per heavy atom. The first-order chi connectivity index (χ1) is 14.9. The van der Waals surface area contributed by atoms with E-state index in [0.29, 0.717) is 15.6 Å². The van der Waals surface area contributed by atoms with E-state index < -0.39 is 17.1 Å². The molecule has 1 nitrogen and oxygen atoms in total. The van der Waals surface area contributed by atoms with Crippen LogP contribution in [0.2, 0.25) is 31.7 Å². The van der Waals surface area contributed by atoms with Gasteiger partial charge in [0.25, 0.3) is 0 Å². The summed E-state index contributed by atoms with van der Waals surface area (Å²) in [7, 11) is -2.88. The van der Waals surface area contributed by atoms with Gasteiger partial charge in [0.2, 0.25) is 8.32 Å².